The number of rotatable bonds is 4. The summed E-state index contributed by atoms with van der Waals surface area (Å²) in [5, 5.41) is 0. The minimum absolute atomic E-state index is 0. The molecule has 15 heavy (non-hydrogen) atoms. The van der Waals surface area contributed by atoms with Crippen molar-refractivity contribution in [2.24, 2.45) is 0 Å². The van der Waals surface area contributed by atoms with Gasteiger partial charge in [-0.25, -0.2) is 0 Å². The molecule has 0 rings (SSSR count). The van der Waals surface area contributed by atoms with Crippen molar-refractivity contribution in [3.8, 4) is 0 Å². The average Bonchev–Trinajstić information content (AvgIpc) is 1.79. The van der Waals surface area contributed by atoms with E-state index in [1.54, 1.807) is 0 Å². The molecule has 0 aliphatic rings. The molecular weight excluding hydrogens is 214 g/mol. The summed E-state index contributed by atoms with van der Waals surface area (Å²) < 4.78 is 3.83. The first-order valence-corrected chi connectivity index (χ1v) is 8.62. The van der Waals surface area contributed by atoms with Crippen molar-refractivity contribution in [2.45, 2.75) is 74.5 Å². The van der Waals surface area contributed by atoms with Crippen molar-refractivity contribution in [3.05, 3.63) is 0 Å². The van der Waals surface area contributed by atoms with E-state index in [2.05, 4.69) is 55.4 Å². The van der Waals surface area contributed by atoms with Crippen LogP contribution in [-0.2, 0) is 5.48 Å². The molecule has 3 heteroatoms. The van der Waals surface area contributed by atoms with Crippen LogP contribution in [0.1, 0.15) is 55.4 Å². The van der Waals surface area contributed by atoms with Gasteiger partial charge in [-0.3, -0.25) is 0 Å². The second-order valence-corrected chi connectivity index (χ2v) is 11.5. The zero-order valence-electron chi connectivity index (χ0n) is 11.9. The maximum atomic E-state index is 2.30. The van der Waals surface area contributed by atoms with E-state index in [1.165, 1.54) is 0 Å². The summed E-state index contributed by atoms with van der Waals surface area (Å²) >= 11 is 1.43. The zero-order valence-corrected chi connectivity index (χ0v) is 14.2. The van der Waals surface area contributed by atoms with E-state index in [9.17, 15) is 0 Å². The maximum absolute atomic E-state index is 2.30. The van der Waals surface area contributed by atoms with E-state index < -0.39 is 0 Å². The molecule has 0 unspecified atom stereocenters. The minimum Gasteiger partial charge on any atom is -2.00 e. The third-order valence-corrected chi connectivity index (χ3v) is 4.62. The van der Waals surface area contributed by atoms with Crippen LogP contribution >= 0.6 is 0 Å². The normalized spacial score (nSPS) is 9.33. The van der Waals surface area contributed by atoms with E-state index in [0.717, 1.165) is 19.1 Å². The quantitative estimate of drug-likeness (QED) is 0.646. The largest absolute Gasteiger partial charge is 2.00 e. The third-order valence-electron chi connectivity index (χ3n) is 1.54. The molecule has 88 valence electrons. The predicted octanol–water partition coefficient (Wildman–Crippen LogP) is 4.58. The Labute approximate surface area is 110 Å². The second-order valence-electron chi connectivity index (χ2n) is 5.36. The molecule has 0 aliphatic carbocycles. The van der Waals surface area contributed by atoms with Gasteiger partial charge in [0.15, 0.2) is 0 Å². The van der Waals surface area contributed by atoms with E-state index >= 15 is 0 Å². The molecule has 0 saturated carbocycles. The van der Waals surface area contributed by atoms with Crippen LogP contribution in [0.3, 0.4) is 0 Å². The summed E-state index contributed by atoms with van der Waals surface area (Å²) in [5.74, 6) is 0. The van der Waals surface area contributed by atoms with Crippen molar-refractivity contribution < 1.29 is 5.48 Å². The van der Waals surface area contributed by atoms with E-state index in [1.807, 2.05) is 0 Å². The van der Waals surface area contributed by atoms with Gasteiger partial charge in [-0.2, -0.15) is 0 Å². The summed E-state index contributed by atoms with van der Waals surface area (Å²) in [5.41, 5.74) is 0. The van der Waals surface area contributed by atoms with Crippen LogP contribution < -0.4 is 0 Å². The second kappa shape index (κ2) is 13.1. The molecule has 0 heterocycles. The van der Waals surface area contributed by atoms with Gasteiger partial charge in [0.05, 0.1) is 0 Å². The fraction of sp³-hybridized carbons (Fsp3) is 1.00. The van der Waals surface area contributed by atoms with Crippen molar-refractivity contribution in [1.29, 1.82) is 0 Å². The maximum Gasteiger partial charge on any atom is -2.00 e. The minimum atomic E-state index is 0. The van der Waals surface area contributed by atoms with Gasteiger partial charge >= 0.3 is 105 Å². The molecule has 0 spiro atoms. The Morgan fingerprint density at radius 1 is 0.467 bits per heavy atom. The Bertz CT molecular complexity index is 86.2. The summed E-state index contributed by atoms with van der Waals surface area (Å²) in [7, 11) is 0. The first kappa shape index (κ1) is 21.3. The van der Waals surface area contributed by atoms with Crippen molar-refractivity contribution in [3.63, 3.8) is 0 Å². The molecule has 0 atom stereocenters. The Balaban J connectivity index is -0.000000180. The summed E-state index contributed by atoms with van der Waals surface area (Å²) in [6.45, 7) is 18.4. The van der Waals surface area contributed by atoms with Gasteiger partial charge in [0, 0.05) is 0 Å². The molecule has 1 nitrogen and oxygen atoms in total. The van der Waals surface area contributed by atoms with E-state index in [4.69, 9.17) is 0 Å². The van der Waals surface area contributed by atoms with Crippen LogP contribution in [0.5, 0.6) is 0 Å². The molecule has 0 radical (unpaired) electrons. The molecule has 0 N–H and O–H groups in total. The third kappa shape index (κ3) is 31.3. The fourth-order valence-corrected chi connectivity index (χ4v) is 4.62. The summed E-state index contributed by atoms with van der Waals surface area (Å²) in [4.78, 5) is 0. The van der Waals surface area contributed by atoms with Gasteiger partial charge in [0.1, 0.15) is 0 Å². The van der Waals surface area contributed by atoms with Crippen molar-refractivity contribution >= 4 is 30.4 Å². The van der Waals surface area contributed by atoms with Gasteiger partial charge in [-0.15, -0.1) is 0 Å². The predicted molar refractivity (Wildman–Crippen MR) is 72.6 cm³/mol. The molecule has 0 aromatic heterocycles. The molecule has 0 amide bonds. The molecule has 0 fully saturated rings. The first-order chi connectivity index (χ1) is 6.25. The van der Waals surface area contributed by atoms with Crippen LogP contribution in [-0.4, -0.2) is 30.4 Å². The van der Waals surface area contributed by atoms with Gasteiger partial charge in [-0.05, 0) is 0 Å². The van der Waals surface area contributed by atoms with Crippen LogP contribution in [0.4, 0.5) is 0 Å². The van der Waals surface area contributed by atoms with Crippen LogP contribution in [0.25, 0.3) is 0 Å². The van der Waals surface area contributed by atoms with Crippen LogP contribution in [0.2, 0.25) is 19.1 Å². The molecule has 0 saturated heterocycles. The van der Waals surface area contributed by atoms with Crippen LogP contribution in [0.15, 0.2) is 0 Å². The monoisotopic (exact) mass is 242 g/mol. The number of hydrogen-bond donors (Lipinski definition) is 0. The molecule has 0 aromatic rings. The Kier molecular flexibility index (Phi) is 18.6. The van der Waals surface area contributed by atoms with Gasteiger partial charge in [-0.1, -0.05) is 0 Å². The van der Waals surface area contributed by atoms with Crippen molar-refractivity contribution in [2.75, 3.05) is 0 Å². The Hall–Kier alpha value is 1.02. The molecule has 0 bridgehead atoms. The first-order valence-electron chi connectivity index (χ1n) is 5.95. The standard InChI is InChI=1S/4C3H7.2Al.O/c4*1-3-2;;;/h4*3H,1-2H3;;;/q;;;;2*+1;-2. The Morgan fingerprint density at radius 3 is 0.600 bits per heavy atom. The zero-order chi connectivity index (χ0) is 11.7. The van der Waals surface area contributed by atoms with Crippen molar-refractivity contribution in [1.82, 2.24) is 0 Å². The fourth-order valence-electron chi connectivity index (χ4n) is 1.54. The van der Waals surface area contributed by atoms with E-state index in [0.29, 0.717) is 30.4 Å². The molecule has 0 aromatic carbocycles. The molecular formula is C12H28Al2O. The van der Waals surface area contributed by atoms with Gasteiger partial charge in [0.2, 0.25) is 0 Å². The summed E-state index contributed by atoms with van der Waals surface area (Å²) in [6.07, 6.45) is 0. The van der Waals surface area contributed by atoms with Gasteiger partial charge in [0.25, 0.3) is 0 Å². The number of hydrogen-bond acceptors (Lipinski definition) is 0. The summed E-state index contributed by atoms with van der Waals surface area (Å²) in [6, 6.07) is 0. The smallest absolute Gasteiger partial charge is 2.00 e. The van der Waals surface area contributed by atoms with E-state index in [-0.39, 0.29) is 5.48 Å². The van der Waals surface area contributed by atoms with Gasteiger partial charge < -0.3 is 5.48 Å². The Morgan fingerprint density at radius 2 is 0.600 bits per heavy atom. The average molecular weight is 242 g/mol. The van der Waals surface area contributed by atoms with Crippen LogP contribution in [0, 0.1) is 0 Å². The topological polar surface area (TPSA) is 28.5 Å². The SMILES string of the molecule is C[CH](C)[Al+][CH](C)C.C[CH](C)[Al+][CH](C)C.[O-2]. The molecule has 0 aliphatic heterocycles.